The molecule has 1 amide bonds. The molecule has 0 bridgehead atoms. The number of aromatic nitrogens is 2. The first-order chi connectivity index (χ1) is 11.5. The van der Waals surface area contributed by atoms with Gasteiger partial charge < -0.3 is 9.84 Å². The fourth-order valence-electron chi connectivity index (χ4n) is 2.13. The van der Waals surface area contributed by atoms with E-state index in [1.807, 2.05) is 0 Å². The maximum absolute atomic E-state index is 14.6. The lowest BCUT2D eigenvalue weighted by Gasteiger charge is -2.17. The molecule has 3 rings (SSSR count). The topological polar surface area (TPSA) is 122 Å². The molecular weight excluding hydrogens is 376 g/mol. The van der Waals surface area contributed by atoms with Crippen LogP contribution in [0.25, 0.3) is 10.9 Å². The van der Waals surface area contributed by atoms with E-state index in [0.717, 1.165) is 12.3 Å². The highest BCUT2D eigenvalue weighted by molar-refractivity contribution is 7.92. The van der Waals surface area contributed by atoms with Crippen LogP contribution in [-0.2, 0) is 15.0 Å². The standard InChI is InChI=1S/C11H6F4N4O5S/c12-7-8-4(2-16-10(17-8)24-11(13,14)15)1-5(20)9(7)19-3-6(21)18-25(19,22)23/h1-2,20H,3H2,(H,18,21). The Bertz CT molecular complexity index is 994. The average Bonchev–Trinajstić information content (AvgIpc) is 2.71. The molecule has 0 atom stereocenters. The van der Waals surface area contributed by atoms with Gasteiger partial charge in [-0.2, -0.15) is 13.4 Å². The Morgan fingerprint density at radius 1 is 1.36 bits per heavy atom. The minimum absolute atomic E-state index is 0.218. The Kier molecular flexibility index (Phi) is 3.59. The molecule has 0 spiro atoms. The Morgan fingerprint density at radius 2 is 2.04 bits per heavy atom. The molecule has 1 fully saturated rings. The number of carbonyl (C=O) groups excluding carboxylic acids is 1. The molecule has 2 heterocycles. The van der Waals surface area contributed by atoms with E-state index in [1.54, 1.807) is 4.72 Å². The number of anilines is 1. The number of halogens is 4. The zero-order chi connectivity index (χ0) is 18.6. The molecular formula is C11H6F4N4O5S. The van der Waals surface area contributed by atoms with Crippen LogP contribution in [0.2, 0.25) is 0 Å². The number of amides is 1. The van der Waals surface area contributed by atoms with E-state index in [9.17, 15) is 35.9 Å². The quantitative estimate of drug-likeness (QED) is 0.728. The number of nitrogens with zero attached hydrogens (tertiary/aromatic N) is 3. The minimum atomic E-state index is -5.13. The molecule has 0 saturated carbocycles. The SMILES string of the molecule is O=C1CN(c2c(O)cc3cnc(OC(F)(F)F)nc3c2F)S(=O)(=O)N1. The molecule has 1 saturated heterocycles. The van der Waals surface area contributed by atoms with Crippen molar-refractivity contribution in [1.29, 1.82) is 0 Å². The first kappa shape index (κ1) is 16.9. The predicted octanol–water partition coefficient (Wildman–Crippen LogP) is 0.554. The predicted molar refractivity (Wildman–Crippen MR) is 72.3 cm³/mol. The van der Waals surface area contributed by atoms with Gasteiger partial charge in [0.1, 0.15) is 23.5 Å². The van der Waals surface area contributed by atoms with E-state index in [1.165, 1.54) is 0 Å². The van der Waals surface area contributed by atoms with Crippen LogP contribution in [0.3, 0.4) is 0 Å². The molecule has 1 aromatic carbocycles. The summed E-state index contributed by atoms with van der Waals surface area (Å²) in [4.78, 5) is 17.7. The number of hydrogen-bond acceptors (Lipinski definition) is 7. The van der Waals surface area contributed by atoms with Gasteiger partial charge in [0, 0.05) is 11.6 Å². The second kappa shape index (κ2) is 5.30. The maximum atomic E-state index is 14.6. The molecule has 2 aromatic rings. The summed E-state index contributed by atoms with van der Waals surface area (Å²) >= 11 is 0. The molecule has 0 aliphatic carbocycles. The van der Waals surface area contributed by atoms with Gasteiger partial charge in [-0.25, -0.2) is 18.4 Å². The molecule has 1 aliphatic heterocycles. The van der Waals surface area contributed by atoms with Crippen molar-refractivity contribution in [2.45, 2.75) is 6.36 Å². The van der Waals surface area contributed by atoms with Crippen molar-refractivity contribution in [3.63, 3.8) is 0 Å². The van der Waals surface area contributed by atoms with Crippen molar-refractivity contribution in [3.05, 3.63) is 18.1 Å². The van der Waals surface area contributed by atoms with Crippen LogP contribution in [0.4, 0.5) is 23.2 Å². The van der Waals surface area contributed by atoms with E-state index in [-0.39, 0.29) is 9.69 Å². The summed E-state index contributed by atoms with van der Waals surface area (Å²) in [5, 5.41) is 9.65. The van der Waals surface area contributed by atoms with Gasteiger partial charge in [0.2, 0.25) is 0 Å². The highest BCUT2D eigenvalue weighted by Crippen LogP contribution is 2.38. The lowest BCUT2D eigenvalue weighted by Crippen LogP contribution is -2.30. The van der Waals surface area contributed by atoms with Crippen molar-refractivity contribution in [1.82, 2.24) is 14.7 Å². The van der Waals surface area contributed by atoms with Gasteiger partial charge in [-0.3, -0.25) is 4.79 Å². The monoisotopic (exact) mass is 382 g/mol. The molecule has 0 radical (unpaired) electrons. The second-order valence-corrected chi connectivity index (χ2v) is 6.33. The Labute approximate surface area is 136 Å². The third kappa shape index (κ3) is 3.07. The fraction of sp³-hybridized carbons (Fsp3) is 0.182. The zero-order valence-corrected chi connectivity index (χ0v) is 12.5. The smallest absolute Gasteiger partial charge is 0.506 e. The van der Waals surface area contributed by atoms with Crippen LogP contribution < -0.4 is 13.8 Å². The summed E-state index contributed by atoms with van der Waals surface area (Å²) in [5.74, 6) is -3.33. The number of fused-ring (bicyclic) bond motifs is 1. The second-order valence-electron chi connectivity index (χ2n) is 4.73. The van der Waals surface area contributed by atoms with Crippen molar-refractivity contribution in [2.75, 3.05) is 10.8 Å². The van der Waals surface area contributed by atoms with Crippen LogP contribution in [0.5, 0.6) is 11.8 Å². The van der Waals surface area contributed by atoms with Gasteiger partial charge >= 0.3 is 22.6 Å². The number of alkyl halides is 3. The largest absolute Gasteiger partial charge is 0.575 e. The number of aromatic hydroxyl groups is 1. The molecule has 14 heteroatoms. The van der Waals surface area contributed by atoms with Gasteiger partial charge in [-0.15, -0.1) is 13.2 Å². The third-order valence-electron chi connectivity index (χ3n) is 3.02. The fourth-order valence-corrected chi connectivity index (χ4v) is 3.30. The third-order valence-corrected chi connectivity index (χ3v) is 4.40. The number of ether oxygens (including phenoxy) is 1. The summed E-state index contributed by atoms with van der Waals surface area (Å²) < 4.78 is 80.1. The van der Waals surface area contributed by atoms with Crippen molar-refractivity contribution >= 4 is 32.7 Å². The average molecular weight is 382 g/mol. The van der Waals surface area contributed by atoms with Gasteiger partial charge in [0.25, 0.3) is 5.91 Å². The van der Waals surface area contributed by atoms with Crippen LogP contribution in [0, 0.1) is 5.82 Å². The van der Waals surface area contributed by atoms with Crippen molar-refractivity contribution < 1.29 is 40.6 Å². The highest BCUT2D eigenvalue weighted by Gasteiger charge is 2.38. The normalized spacial score (nSPS) is 17.0. The molecule has 2 N–H and O–H groups in total. The van der Waals surface area contributed by atoms with Gasteiger partial charge in [-0.1, -0.05) is 0 Å². The first-order valence-corrected chi connectivity index (χ1v) is 7.69. The van der Waals surface area contributed by atoms with E-state index < -0.39 is 57.8 Å². The van der Waals surface area contributed by atoms with Crippen LogP contribution in [-0.4, -0.2) is 42.3 Å². The van der Waals surface area contributed by atoms with Gasteiger partial charge in [-0.05, 0) is 6.07 Å². The number of phenols is 1. The van der Waals surface area contributed by atoms with E-state index in [4.69, 9.17) is 0 Å². The summed E-state index contributed by atoms with van der Waals surface area (Å²) in [6, 6.07) is -0.391. The van der Waals surface area contributed by atoms with E-state index >= 15 is 0 Å². The van der Waals surface area contributed by atoms with Crippen LogP contribution in [0.15, 0.2) is 12.3 Å². The number of phenolic OH excluding ortho intramolecular Hbond substituents is 1. The number of carbonyl (C=O) groups is 1. The van der Waals surface area contributed by atoms with Crippen molar-refractivity contribution in [2.24, 2.45) is 0 Å². The van der Waals surface area contributed by atoms with Crippen molar-refractivity contribution in [3.8, 4) is 11.8 Å². The Hall–Kier alpha value is -2.90. The Morgan fingerprint density at radius 3 is 2.60 bits per heavy atom. The molecule has 134 valence electrons. The summed E-state index contributed by atoms with van der Waals surface area (Å²) in [6.07, 6.45) is -4.38. The number of nitrogens with one attached hydrogen (secondary N) is 1. The lowest BCUT2D eigenvalue weighted by molar-refractivity contribution is -0.277. The van der Waals surface area contributed by atoms with Gasteiger partial charge in [0.05, 0.1) is 0 Å². The summed E-state index contributed by atoms with van der Waals surface area (Å²) in [6.45, 7) is -0.824. The molecule has 9 nitrogen and oxygen atoms in total. The van der Waals surface area contributed by atoms with E-state index in [0.29, 0.717) is 0 Å². The molecule has 1 aromatic heterocycles. The highest BCUT2D eigenvalue weighted by atomic mass is 32.2. The summed E-state index contributed by atoms with van der Waals surface area (Å²) in [7, 11) is -4.46. The molecule has 0 unspecified atom stereocenters. The number of benzene rings is 1. The maximum Gasteiger partial charge on any atom is 0.575 e. The van der Waals surface area contributed by atoms with E-state index in [2.05, 4.69) is 14.7 Å². The lowest BCUT2D eigenvalue weighted by atomic mass is 10.2. The summed E-state index contributed by atoms with van der Waals surface area (Å²) in [5.41, 5.74) is -1.68. The number of hydrogen-bond donors (Lipinski definition) is 2. The van der Waals surface area contributed by atoms with Gasteiger partial charge in [0.15, 0.2) is 5.82 Å². The van der Waals surface area contributed by atoms with Crippen LogP contribution >= 0.6 is 0 Å². The van der Waals surface area contributed by atoms with Crippen LogP contribution in [0.1, 0.15) is 0 Å². The number of rotatable bonds is 2. The zero-order valence-electron chi connectivity index (χ0n) is 11.7. The molecule has 25 heavy (non-hydrogen) atoms. The Balaban J connectivity index is 2.19. The minimum Gasteiger partial charge on any atom is -0.506 e. The molecule has 1 aliphatic rings. The first-order valence-electron chi connectivity index (χ1n) is 6.25.